The van der Waals surface area contributed by atoms with Gasteiger partial charge in [-0.3, -0.25) is 4.98 Å². The highest BCUT2D eigenvalue weighted by molar-refractivity contribution is 6.30. The van der Waals surface area contributed by atoms with Crippen molar-refractivity contribution in [3.8, 4) is 22.4 Å². The highest BCUT2D eigenvalue weighted by Gasteiger charge is 2.09. The lowest BCUT2D eigenvalue weighted by Crippen LogP contribution is -1.96. The second-order valence-electron chi connectivity index (χ2n) is 4.82. The molecule has 0 aliphatic carbocycles. The summed E-state index contributed by atoms with van der Waals surface area (Å²) in [6.07, 6.45) is 1.68. The average molecular weight is 295 g/mol. The maximum atomic E-state index is 6.12. The van der Waals surface area contributed by atoms with E-state index in [1.165, 1.54) is 0 Å². The van der Waals surface area contributed by atoms with Crippen LogP contribution in [0, 0.1) is 0 Å². The van der Waals surface area contributed by atoms with Crippen molar-refractivity contribution < 1.29 is 0 Å². The maximum Gasteiger partial charge on any atom is 0.0781 e. The first-order valence-electron chi connectivity index (χ1n) is 6.78. The van der Waals surface area contributed by atoms with Gasteiger partial charge in [0.15, 0.2) is 0 Å². The molecule has 0 unspecified atom stereocenters. The highest BCUT2D eigenvalue weighted by Crippen LogP contribution is 2.32. The molecule has 21 heavy (non-hydrogen) atoms. The molecule has 0 saturated heterocycles. The Morgan fingerprint density at radius 2 is 1.62 bits per heavy atom. The van der Waals surface area contributed by atoms with Crippen LogP contribution in [0.2, 0.25) is 5.02 Å². The maximum absolute atomic E-state index is 6.12. The number of nitrogens with zero attached hydrogens (tertiary/aromatic N) is 1. The monoisotopic (exact) mass is 294 g/mol. The largest absolute Gasteiger partial charge is 0.326 e. The van der Waals surface area contributed by atoms with Crippen molar-refractivity contribution in [2.75, 3.05) is 0 Å². The van der Waals surface area contributed by atoms with E-state index in [9.17, 15) is 0 Å². The van der Waals surface area contributed by atoms with Crippen LogP contribution < -0.4 is 5.73 Å². The lowest BCUT2D eigenvalue weighted by Gasteiger charge is -2.10. The molecule has 0 atom stereocenters. The second kappa shape index (κ2) is 6.08. The highest BCUT2D eigenvalue weighted by atomic mass is 35.5. The molecule has 0 aliphatic heterocycles. The first kappa shape index (κ1) is 13.8. The molecule has 0 saturated carbocycles. The Labute approximate surface area is 129 Å². The molecule has 0 bridgehead atoms. The van der Waals surface area contributed by atoms with E-state index in [4.69, 9.17) is 17.3 Å². The van der Waals surface area contributed by atoms with E-state index in [-0.39, 0.29) is 0 Å². The minimum atomic E-state index is 0.542. The average Bonchev–Trinajstić information content (AvgIpc) is 2.56. The molecule has 0 amide bonds. The Morgan fingerprint density at radius 3 is 2.29 bits per heavy atom. The smallest absolute Gasteiger partial charge is 0.0781 e. The van der Waals surface area contributed by atoms with E-state index in [0.29, 0.717) is 11.6 Å². The molecule has 3 rings (SSSR count). The van der Waals surface area contributed by atoms with Crippen molar-refractivity contribution in [2.24, 2.45) is 5.73 Å². The summed E-state index contributed by atoms with van der Waals surface area (Å²) in [5.41, 5.74) is 10.9. The molecule has 2 nitrogen and oxygen atoms in total. The SMILES string of the molecule is NCc1ccc(-c2ncc(Cl)cc2-c2ccccc2)cc1. The summed E-state index contributed by atoms with van der Waals surface area (Å²) < 4.78 is 0. The summed E-state index contributed by atoms with van der Waals surface area (Å²) in [5.74, 6) is 0. The van der Waals surface area contributed by atoms with Crippen molar-refractivity contribution >= 4 is 11.6 Å². The molecular weight excluding hydrogens is 280 g/mol. The van der Waals surface area contributed by atoms with Gasteiger partial charge in [0.2, 0.25) is 0 Å². The van der Waals surface area contributed by atoms with Crippen molar-refractivity contribution in [3.63, 3.8) is 0 Å². The first-order valence-corrected chi connectivity index (χ1v) is 7.16. The molecule has 0 spiro atoms. The zero-order valence-corrected chi connectivity index (χ0v) is 12.2. The molecule has 3 aromatic rings. The summed E-state index contributed by atoms with van der Waals surface area (Å²) in [6, 6.07) is 20.2. The first-order chi connectivity index (χ1) is 10.3. The van der Waals surface area contributed by atoms with Gasteiger partial charge >= 0.3 is 0 Å². The lowest BCUT2D eigenvalue weighted by molar-refractivity contribution is 1.07. The van der Waals surface area contributed by atoms with Crippen LogP contribution in [0.1, 0.15) is 5.56 Å². The van der Waals surface area contributed by atoms with Crippen molar-refractivity contribution in [1.29, 1.82) is 0 Å². The van der Waals surface area contributed by atoms with Crippen LogP contribution in [0.3, 0.4) is 0 Å². The molecule has 0 aliphatic rings. The predicted molar refractivity (Wildman–Crippen MR) is 88.0 cm³/mol. The van der Waals surface area contributed by atoms with Crippen LogP contribution in [0.4, 0.5) is 0 Å². The third kappa shape index (κ3) is 2.97. The minimum Gasteiger partial charge on any atom is -0.326 e. The van der Waals surface area contributed by atoms with Gasteiger partial charge in [0.25, 0.3) is 0 Å². The standard InChI is InChI=1S/C18H15ClN2/c19-16-10-17(14-4-2-1-3-5-14)18(21-12-16)15-8-6-13(11-20)7-9-15/h1-10,12H,11,20H2. The molecule has 2 aromatic carbocycles. The Kier molecular flexibility index (Phi) is 4.00. The zero-order valence-electron chi connectivity index (χ0n) is 11.5. The number of pyridine rings is 1. The van der Waals surface area contributed by atoms with Gasteiger partial charge in [0.05, 0.1) is 10.7 Å². The molecule has 3 heteroatoms. The summed E-state index contributed by atoms with van der Waals surface area (Å²) in [6.45, 7) is 0.542. The van der Waals surface area contributed by atoms with Gasteiger partial charge in [-0.25, -0.2) is 0 Å². The zero-order chi connectivity index (χ0) is 14.7. The Hall–Kier alpha value is -2.16. The number of hydrogen-bond donors (Lipinski definition) is 1. The third-order valence-corrected chi connectivity index (χ3v) is 3.61. The van der Waals surface area contributed by atoms with Gasteiger partial charge in [-0.1, -0.05) is 66.2 Å². The summed E-state index contributed by atoms with van der Waals surface area (Å²) in [4.78, 5) is 4.52. The van der Waals surface area contributed by atoms with Crippen molar-refractivity contribution in [1.82, 2.24) is 4.98 Å². The molecule has 0 fully saturated rings. The van der Waals surface area contributed by atoms with Gasteiger partial charge in [-0.2, -0.15) is 0 Å². The van der Waals surface area contributed by atoms with Crippen LogP contribution in [-0.4, -0.2) is 4.98 Å². The van der Waals surface area contributed by atoms with E-state index in [1.807, 2.05) is 48.5 Å². The Bertz CT molecular complexity index is 737. The number of rotatable bonds is 3. The molecule has 104 valence electrons. The quantitative estimate of drug-likeness (QED) is 0.771. The van der Waals surface area contributed by atoms with Crippen molar-refractivity contribution in [2.45, 2.75) is 6.54 Å². The van der Waals surface area contributed by atoms with Crippen molar-refractivity contribution in [3.05, 3.63) is 77.4 Å². The topological polar surface area (TPSA) is 38.9 Å². The summed E-state index contributed by atoms with van der Waals surface area (Å²) >= 11 is 6.12. The second-order valence-corrected chi connectivity index (χ2v) is 5.25. The fraction of sp³-hybridized carbons (Fsp3) is 0.0556. The number of halogens is 1. The number of aromatic nitrogens is 1. The number of benzene rings is 2. The molecule has 1 heterocycles. The number of nitrogens with two attached hydrogens (primary N) is 1. The van der Waals surface area contributed by atoms with E-state index >= 15 is 0 Å². The minimum absolute atomic E-state index is 0.542. The van der Waals surface area contributed by atoms with E-state index < -0.39 is 0 Å². The van der Waals surface area contributed by atoms with Crippen LogP contribution in [0.15, 0.2) is 66.9 Å². The van der Waals surface area contributed by atoms with Gasteiger partial charge < -0.3 is 5.73 Å². The fourth-order valence-corrected chi connectivity index (χ4v) is 2.46. The van der Waals surface area contributed by atoms with Crippen LogP contribution in [0.25, 0.3) is 22.4 Å². The van der Waals surface area contributed by atoms with Gasteiger partial charge in [0, 0.05) is 23.9 Å². The normalized spacial score (nSPS) is 10.6. The van der Waals surface area contributed by atoms with Crippen LogP contribution in [0.5, 0.6) is 0 Å². The summed E-state index contributed by atoms with van der Waals surface area (Å²) in [5, 5.41) is 0.635. The van der Waals surface area contributed by atoms with Gasteiger partial charge in [-0.05, 0) is 17.2 Å². The Morgan fingerprint density at radius 1 is 0.905 bits per heavy atom. The van der Waals surface area contributed by atoms with Gasteiger partial charge in [0.1, 0.15) is 0 Å². The third-order valence-electron chi connectivity index (χ3n) is 3.40. The predicted octanol–water partition coefficient (Wildman–Crippen LogP) is 4.53. The lowest BCUT2D eigenvalue weighted by atomic mass is 9.99. The molecular formula is C18H15ClN2. The van der Waals surface area contributed by atoms with Gasteiger partial charge in [-0.15, -0.1) is 0 Å². The van der Waals surface area contributed by atoms with E-state index in [0.717, 1.165) is 27.9 Å². The number of hydrogen-bond acceptors (Lipinski definition) is 2. The van der Waals surface area contributed by atoms with E-state index in [2.05, 4.69) is 17.1 Å². The Balaban J connectivity index is 2.13. The summed E-state index contributed by atoms with van der Waals surface area (Å²) in [7, 11) is 0. The van der Waals surface area contributed by atoms with Crippen LogP contribution >= 0.6 is 11.6 Å². The van der Waals surface area contributed by atoms with E-state index in [1.54, 1.807) is 6.20 Å². The molecule has 0 radical (unpaired) electrons. The molecule has 2 N–H and O–H groups in total. The molecule has 1 aromatic heterocycles. The fourth-order valence-electron chi connectivity index (χ4n) is 2.31. The van der Waals surface area contributed by atoms with Crippen LogP contribution in [-0.2, 0) is 6.54 Å².